The Hall–Kier alpha value is -2.84. The van der Waals surface area contributed by atoms with Crippen molar-refractivity contribution < 1.29 is 9.85 Å². The lowest BCUT2D eigenvalue weighted by atomic mass is 10.1. The first-order valence-corrected chi connectivity index (χ1v) is 9.95. The summed E-state index contributed by atoms with van der Waals surface area (Å²) in [5.41, 5.74) is 3.78. The highest BCUT2D eigenvalue weighted by Gasteiger charge is 2.30. The van der Waals surface area contributed by atoms with E-state index in [1.807, 2.05) is 18.2 Å². The fourth-order valence-electron chi connectivity index (χ4n) is 4.38. The van der Waals surface area contributed by atoms with Gasteiger partial charge in [0.05, 0.1) is 9.85 Å². The van der Waals surface area contributed by atoms with Crippen LogP contribution in [0.5, 0.6) is 0 Å². The molecule has 8 nitrogen and oxygen atoms in total. The standard InChI is InChI=1S/C21H24N4O4/c26-24(27)19-4-1-16(2-5-19)7-8-22-9-11-23(12-10-22)21-13-17-3-6-20(25(28)29)14-18(17)15-21/h1-6,14,21H,7-13,15H2. The Morgan fingerprint density at radius 2 is 1.45 bits per heavy atom. The van der Waals surface area contributed by atoms with Crippen molar-refractivity contribution in [2.45, 2.75) is 25.3 Å². The minimum Gasteiger partial charge on any atom is -0.300 e. The minimum absolute atomic E-state index is 0.130. The number of nitro benzene ring substituents is 2. The molecule has 2 aliphatic rings. The summed E-state index contributed by atoms with van der Waals surface area (Å²) in [6, 6.07) is 12.5. The van der Waals surface area contributed by atoms with Crippen LogP contribution >= 0.6 is 0 Å². The molecule has 1 unspecified atom stereocenters. The van der Waals surface area contributed by atoms with E-state index in [1.54, 1.807) is 24.3 Å². The summed E-state index contributed by atoms with van der Waals surface area (Å²) in [6.45, 7) is 4.95. The quantitative estimate of drug-likeness (QED) is 0.551. The third kappa shape index (κ3) is 4.44. The first-order chi connectivity index (χ1) is 14.0. The normalized spacial score (nSPS) is 19.8. The smallest absolute Gasteiger partial charge is 0.269 e. The van der Waals surface area contributed by atoms with Crippen LogP contribution in [0, 0.1) is 20.2 Å². The second-order valence-corrected chi connectivity index (χ2v) is 7.82. The van der Waals surface area contributed by atoms with E-state index in [2.05, 4.69) is 9.80 Å². The molecular weight excluding hydrogens is 372 g/mol. The molecule has 29 heavy (non-hydrogen) atoms. The lowest BCUT2D eigenvalue weighted by Crippen LogP contribution is -2.50. The molecule has 1 aliphatic heterocycles. The molecule has 0 radical (unpaired) electrons. The van der Waals surface area contributed by atoms with E-state index in [0.717, 1.165) is 63.1 Å². The molecule has 1 aliphatic carbocycles. The molecule has 2 aromatic rings. The Labute approximate surface area is 169 Å². The largest absolute Gasteiger partial charge is 0.300 e. The molecule has 1 heterocycles. The Morgan fingerprint density at radius 1 is 0.828 bits per heavy atom. The van der Waals surface area contributed by atoms with Crippen LogP contribution in [0.3, 0.4) is 0 Å². The van der Waals surface area contributed by atoms with E-state index in [9.17, 15) is 20.2 Å². The van der Waals surface area contributed by atoms with Crippen LogP contribution in [0.15, 0.2) is 42.5 Å². The third-order valence-electron chi connectivity index (χ3n) is 6.10. The van der Waals surface area contributed by atoms with E-state index in [4.69, 9.17) is 0 Å². The van der Waals surface area contributed by atoms with Gasteiger partial charge < -0.3 is 4.90 Å². The van der Waals surface area contributed by atoms with E-state index < -0.39 is 0 Å². The molecule has 0 N–H and O–H groups in total. The van der Waals surface area contributed by atoms with Crippen molar-refractivity contribution in [1.82, 2.24) is 9.80 Å². The van der Waals surface area contributed by atoms with Crippen LogP contribution in [0.25, 0.3) is 0 Å². The highest BCUT2D eigenvalue weighted by molar-refractivity contribution is 5.43. The van der Waals surface area contributed by atoms with Gasteiger partial charge in [-0.25, -0.2) is 0 Å². The van der Waals surface area contributed by atoms with Crippen LogP contribution in [-0.4, -0.2) is 58.4 Å². The Bertz CT molecular complexity index is 907. The molecule has 0 amide bonds. The second kappa shape index (κ2) is 8.26. The number of non-ortho nitro benzene ring substituents is 2. The van der Waals surface area contributed by atoms with Gasteiger partial charge in [0.2, 0.25) is 0 Å². The summed E-state index contributed by atoms with van der Waals surface area (Å²) in [4.78, 5) is 26.0. The van der Waals surface area contributed by atoms with Gasteiger partial charge in [-0.1, -0.05) is 18.2 Å². The van der Waals surface area contributed by atoms with Crippen molar-refractivity contribution in [1.29, 1.82) is 0 Å². The molecule has 0 aromatic heterocycles. The number of hydrogen-bond acceptors (Lipinski definition) is 6. The van der Waals surface area contributed by atoms with Gasteiger partial charge in [0.25, 0.3) is 11.4 Å². The van der Waals surface area contributed by atoms with E-state index >= 15 is 0 Å². The number of nitrogens with zero attached hydrogens (tertiary/aromatic N) is 4. The van der Waals surface area contributed by atoms with Gasteiger partial charge in [0, 0.05) is 63.0 Å². The number of piperazine rings is 1. The van der Waals surface area contributed by atoms with Gasteiger partial charge in [-0.15, -0.1) is 0 Å². The Kier molecular flexibility index (Phi) is 5.55. The Balaban J connectivity index is 1.25. The summed E-state index contributed by atoms with van der Waals surface area (Å²) < 4.78 is 0. The molecular formula is C21H24N4O4. The molecule has 1 atom stereocenters. The SMILES string of the molecule is O=[N+]([O-])c1ccc(CCN2CCN(C3Cc4ccc([N+](=O)[O-])cc4C3)CC2)cc1. The first kappa shape index (κ1) is 19.5. The molecule has 2 aromatic carbocycles. The predicted molar refractivity (Wildman–Crippen MR) is 109 cm³/mol. The maximum atomic E-state index is 11.0. The first-order valence-electron chi connectivity index (χ1n) is 9.95. The maximum Gasteiger partial charge on any atom is 0.269 e. The summed E-state index contributed by atoms with van der Waals surface area (Å²) in [6.07, 6.45) is 2.74. The third-order valence-corrected chi connectivity index (χ3v) is 6.10. The van der Waals surface area contributed by atoms with Crippen molar-refractivity contribution in [3.05, 3.63) is 79.4 Å². The van der Waals surface area contributed by atoms with E-state index in [-0.39, 0.29) is 21.2 Å². The molecule has 0 saturated carbocycles. The van der Waals surface area contributed by atoms with Crippen molar-refractivity contribution >= 4 is 11.4 Å². The number of nitro groups is 2. The summed E-state index contributed by atoms with van der Waals surface area (Å²) in [5, 5.41) is 21.7. The Morgan fingerprint density at radius 3 is 2.10 bits per heavy atom. The predicted octanol–water partition coefficient (Wildman–Crippen LogP) is 2.83. The van der Waals surface area contributed by atoms with Crippen LogP contribution in [0.2, 0.25) is 0 Å². The molecule has 152 valence electrons. The van der Waals surface area contributed by atoms with Crippen LogP contribution < -0.4 is 0 Å². The lowest BCUT2D eigenvalue weighted by molar-refractivity contribution is -0.385. The average molecular weight is 396 g/mol. The topological polar surface area (TPSA) is 92.8 Å². The average Bonchev–Trinajstić information content (AvgIpc) is 3.16. The summed E-state index contributed by atoms with van der Waals surface area (Å²) in [7, 11) is 0. The molecule has 8 heteroatoms. The van der Waals surface area contributed by atoms with Gasteiger partial charge in [-0.2, -0.15) is 0 Å². The van der Waals surface area contributed by atoms with Crippen molar-refractivity contribution in [3.63, 3.8) is 0 Å². The van der Waals surface area contributed by atoms with Crippen LogP contribution in [0.4, 0.5) is 11.4 Å². The maximum absolute atomic E-state index is 11.0. The fourth-order valence-corrected chi connectivity index (χ4v) is 4.38. The monoisotopic (exact) mass is 396 g/mol. The molecule has 4 rings (SSSR count). The number of rotatable bonds is 6. The zero-order valence-corrected chi connectivity index (χ0v) is 16.2. The molecule has 1 fully saturated rings. The lowest BCUT2D eigenvalue weighted by Gasteiger charge is -2.38. The molecule has 0 spiro atoms. The fraction of sp³-hybridized carbons (Fsp3) is 0.429. The highest BCUT2D eigenvalue weighted by atomic mass is 16.6. The van der Waals surface area contributed by atoms with Gasteiger partial charge in [0.15, 0.2) is 0 Å². The second-order valence-electron chi connectivity index (χ2n) is 7.82. The van der Waals surface area contributed by atoms with Crippen molar-refractivity contribution in [2.75, 3.05) is 32.7 Å². The molecule has 1 saturated heterocycles. The van der Waals surface area contributed by atoms with Gasteiger partial charge in [-0.05, 0) is 36.0 Å². The number of fused-ring (bicyclic) bond motifs is 1. The number of benzene rings is 2. The van der Waals surface area contributed by atoms with Crippen molar-refractivity contribution in [3.8, 4) is 0 Å². The van der Waals surface area contributed by atoms with Gasteiger partial charge >= 0.3 is 0 Å². The zero-order valence-electron chi connectivity index (χ0n) is 16.2. The van der Waals surface area contributed by atoms with Crippen LogP contribution in [-0.2, 0) is 19.3 Å². The van der Waals surface area contributed by atoms with E-state index in [1.165, 1.54) is 5.56 Å². The highest BCUT2D eigenvalue weighted by Crippen LogP contribution is 2.29. The van der Waals surface area contributed by atoms with Gasteiger partial charge in [0.1, 0.15) is 0 Å². The van der Waals surface area contributed by atoms with Crippen molar-refractivity contribution in [2.24, 2.45) is 0 Å². The van der Waals surface area contributed by atoms with Crippen LogP contribution in [0.1, 0.15) is 16.7 Å². The van der Waals surface area contributed by atoms with Gasteiger partial charge in [-0.3, -0.25) is 25.1 Å². The zero-order chi connectivity index (χ0) is 20.4. The minimum atomic E-state index is -0.373. The van der Waals surface area contributed by atoms with E-state index in [0.29, 0.717) is 6.04 Å². The molecule has 0 bridgehead atoms. The summed E-state index contributed by atoms with van der Waals surface area (Å²) in [5.74, 6) is 0. The number of hydrogen-bond donors (Lipinski definition) is 0. The summed E-state index contributed by atoms with van der Waals surface area (Å²) >= 11 is 0.